The van der Waals surface area contributed by atoms with Crippen molar-refractivity contribution in [3.8, 4) is 5.75 Å². The normalized spacial score (nSPS) is 9.39. The molecule has 0 spiro atoms. The molecule has 0 atom stereocenters. The van der Waals surface area contributed by atoms with Gasteiger partial charge in [-0.15, -0.1) is 12.1 Å². The van der Waals surface area contributed by atoms with E-state index < -0.39 is 11.6 Å². The molecule has 90 valence electrons. The predicted octanol–water partition coefficient (Wildman–Crippen LogP) is 4.19. The van der Waals surface area contributed by atoms with Gasteiger partial charge in [-0.25, -0.2) is 8.78 Å². The van der Waals surface area contributed by atoms with Crippen molar-refractivity contribution in [2.24, 2.45) is 0 Å². The summed E-state index contributed by atoms with van der Waals surface area (Å²) in [5.41, 5.74) is 0.328. The minimum absolute atomic E-state index is 0.0795. The van der Waals surface area contributed by atoms with E-state index in [0.29, 0.717) is 11.3 Å². The molecule has 0 aliphatic rings. The van der Waals surface area contributed by atoms with Gasteiger partial charge in [0.25, 0.3) is 0 Å². The summed E-state index contributed by atoms with van der Waals surface area (Å²) in [4.78, 5) is 0. The first-order chi connectivity index (χ1) is 8.75. The third-order valence-corrected chi connectivity index (χ3v) is 2.10. The van der Waals surface area contributed by atoms with Gasteiger partial charge >= 0.3 is 30.0 Å². The molecule has 0 bridgehead atoms. The van der Waals surface area contributed by atoms with E-state index >= 15 is 0 Å². The number of hydrogen-bond donors (Lipinski definition) is 0. The molecule has 0 heterocycles. The Balaban J connectivity index is 0.000000771. The quantitative estimate of drug-likeness (QED) is 0.586. The van der Waals surface area contributed by atoms with Crippen LogP contribution in [0.15, 0.2) is 42.5 Å². The van der Waals surface area contributed by atoms with Gasteiger partial charge in [-0.05, 0) is 12.1 Å². The number of rotatable bonds is 3. The van der Waals surface area contributed by atoms with Crippen molar-refractivity contribution in [1.29, 1.82) is 0 Å². The van der Waals surface area contributed by atoms with Gasteiger partial charge in [-0.3, -0.25) is 0 Å². The van der Waals surface area contributed by atoms with Gasteiger partial charge in [0.05, 0.1) is 0 Å². The zero-order valence-electron chi connectivity index (χ0n) is 9.50. The average Bonchev–Trinajstić information content (AvgIpc) is 2.41. The summed E-state index contributed by atoms with van der Waals surface area (Å²) in [6.07, 6.45) is 0. The summed E-state index contributed by atoms with van der Waals surface area (Å²) < 4.78 is 31.2. The summed E-state index contributed by atoms with van der Waals surface area (Å²) in [6.45, 7) is 0.0795. The van der Waals surface area contributed by atoms with E-state index in [0.717, 1.165) is 6.07 Å². The fraction of sp³-hybridized carbons (Fsp3) is 0.0769. The summed E-state index contributed by atoms with van der Waals surface area (Å²) in [5.74, 6) is -0.555. The second kappa shape index (κ2) is 8.33. The predicted molar refractivity (Wildman–Crippen MR) is 64.9 cm³/mol. The molecule has 0 saturated carbocycles. The molecule has 0 fully saturated rings. The molecule has 5 heteroatoms. The number of hydrogen-bond acceptors (Lipinski definition) is 1. The van der Waals surface area contributed by atoms with Gasteiger partial charge in [-0.2, -0.15) is 18.2 Å². The van der Waals surface area contributed by atoms with Crippen molar-refractivity contribution in [3.63, 3.8) is 0 Å². The Hall–Kier alpha value is -0.797. The van der Waals surface area contributed by atoms with Crippen molar-refractivity contribution in [1.82, 2.24) is 0 Å². The van der Waals surface area contributed by atoms with E-state index in [-0.39, 0.29) is 6.61 Å². The molecule has 1 nitrogen and oxygen atoms in total. The first-order valence-corrected chi connectivity index (χ1v) is 12.0. The molecule has 0 N–H and O–H groups in total. The van der Waals surface area contributed by atoms with Crippen molar-refractivity contribution < 1.29 is 29.9 Å². The van der Waals surface area contributed by atoms with Crippen LogP contribution in [0.4, 0.5) is 8.78 Å². The van der Waals surface area contributed by atoms with Crippen LogP contribution in [-0.2, 0) is 22.9 Å². The van der Waals surface area contributed by atoms with Crippen LogP contribution in [0.3, 0.4) is 0 Å². The Morgan fingerprint density at radius 3 is 2.39 bits per heavy atom. The fourth-order valence-corrected chi connectivity index (χ4v) is 1.27. The molecule has 0 unspecified atom stereocenters. The van der Waals surface area contributed by atoms with Crippen molar-refractivity contribution in [3.05, 3.63) is 65.7 Å². The molecule has 0 aliphatic carbocycles. The molecule has 0 radical (unpaired) electrons. The van der Waals surface area contributed by atoms with Crippen molar-refractivity contribution in [2.45, 2.75) is 6.61 Å². The third-order valence-electron chi connectivity index (χ3n) is 2.10. The second-order valence-electron chi connectivity index (χ2n) is 3.26. The standard InChI is InChI=1S/C13H9F2O.BrH.Zn/c14-11-7-6-10(13(15)8-11)9-16-12-4-2-1-3-5-12;;/h2-8H,9H2;1H;/q-1;;+2/p-1. The Morgan fingerprint density at radius 2 is 1.78 bits per heavy atom. The molecule has 18 heavy (non-hydrogen) atoms. The molecular weight excluding hydrogens is 355 g/mol. The van der Waals surface area contributed by atoms with E-state index in [4.69, 9.17) is 4.74 Å². The number of ether oxygens (including phenoxy) is 1. The summed E-state index contributed by atoms with van der Waals surface area (Å²) in [7, 11) is 0. The maximum absolute atomic E-state index is 13.2. The molecule has 0 aliphatic heterocycles. The topological polar surface area (TPSA) is 9.23 Å². The molecule has 0 aromatic heterocycles. The van der Waals surface area contributed by atoms with Crippen LogP contribution in [0.1, 0.15) is 5.56 Å². The zero-order chi connectivity index (χ0) is 13.4. The van der Waals surface area contributed by atoms with Gasteiger partial charge in [0.2, 0.25) is 0 Å². The Morgan fingerprint density at radius 1 is 1.11 bits per heavy atom. The fourth-order valence-electron chi connectivity index (χ4n) is 1.27. The second-order valence-corrected chi connectivity index (χ2v) is 3.26. The first-order valence-electron chi connectivity index (χ1n) is 5.05. The van der Waals surface area contributed by atoms with Gasteiger partial charge in [-0.1, -0.05) is 0 Å². The van der Waals surface area contributed by atoms with E-state index in [9.17, 15) is 8.78 Å². The number of halogens is 3. The molecular formula is C13H9BrF2OZn. The molecule has 0 saturated heterocycles. The first kappa shape index (κ1) is 15.3. The summed E-state index contributed by atoms with van der Waals surface area (Å²) in [6, 6.07) is 13.1. The van der Waals surface area contributed by atoms with Crippen LogP contribution in [0.5, 0.6) is 5.75 Å². The van der Waals surface area contributed by atoms with Crippen molar-refractivity contribution in [2.75, 3.05) is 0 Å². The van der Waals surface area contributed by atoms with E-state index in [1.54, 1.807) is 24.3 Å². The average molecular weight is 365 g/mol. The van der Waals surface area contributed by atoms with Crippen LogP contribution in [0, 0.1) is 17.7 Å². The summed E-state index contributed by atoms with van der Waals surface area (Å²) in [5, 5.41) is 0. The van der Waals surface area contributed by atoms with Crippen LogP contribution in [0.25, 0.3) is 0 Å². The number of benzene rings is 2. The van der Waals surface area contributed by atoms with E-state index in [2.05, 4.69) is 19.7 Å². The van der Waals surface area contributed by atoms with Crippen LogP contribution in [0.2, 0.25) is 0 Å². The Kier molecular flexibility index (Phi) is 7.06. The van der Waals surface area contributed by atoms with Crippen molar-refractivity contribution >= 4 is 13.6 Å². The van der Waals surface area contributed by atoms with Gasteiger partial charge < -0.3 is 4.74 Å². The van der Waals surface area contributed by atoms with E-state index in [1.165, 1.54) is 28.5 Å². The van der Waals surface area contributed by atoms with E-state index in [1.807, 2.05) is 0 Å². The summed E-state index contributed by atoms with van der Waals surface area (Å²) >= 11 is 4.25. The Labute approximate surface area is 121 Å². The van der Waals surface area contributed by atoms with Crippen LogP contribution in [-0.4, -0.2) is 0 Å². The third kappa shape index (κ3) is 4.83. The molecule has 2 aromatic rings. The van der Waals surface area contributed by atoms with Crippen LogP contribution < -0.4 is 4.74 Å². The monoisotopic (exact) mass is 362 g/mol. The van der Waals surface area contributed by atoms with Gasteiger partial charge in [0, 0.05) is 17.4 Å². The van der Waals surface area contributed by atoms with Gasteiger partial charge in [0.1, 0.15) is 18.2 Å². The molecule has 2 aromatic carbocycles. The Bertz CT molecular complexity index is 480. The maximum atomic E-state index is 13.2. The van der Waals surface area contributed by atoms with Gasteiger partial charge in [0.15, 0.2) is 0 Å². The SMILES string of the molecule is Fc1ccc(COc2cc[c-]cc2)c(F)c1.[Zn+][Br]. The molecule has 0 amide bonds. The molecule has 2 rings (SSSR count). The zero-order valence-corrected chi connectivity index (χ0v) is 14.1. The van der Waals surface area contributed by atoms with Crippen LogP contribution >= 0.6 is 13.6 Å². The minimum atomic E-state index is -0.595.